The van der Waals surface area contributed by atoms with E-state index in [1.807, 2.05) is 61.6 Å². The molecule has 0 aliphatic carbocycles. The van der Waals surface area contributed by atoms with Gasteiger partial charge >= 0.3 is 5.97 Å². The van der Waals surface area contributed by atoms with E-state index in [0.29, 0.717) is 23.0 Å². The van der Waals surface area contributed by atoms with Gasteiger partial charge in [-0.1, -0.05) is 48.5 Å². The molecule has 0 bridgehead atoms. The van der Waals surface area contributed by atoms with Gasteiger partial charge in [0.2, 0.25) is 0 Å². The summed E-state index contributed by atoms with van der Waals surface area (Å²) in [6.07, 6.45) is 2.46. The van der Waals surface area contributed by atoms with Crippen LogP contribution in [-0.4, -0.2) is 83.0 Å². The van der Waals surface area contributed by atoms with Crippen LogP contribution >= 0.6 is 0 Å². The van der Waals surface area contributed by atoms with Crippen molar-refractivity contribution in [1.29, 1.82) is 0 Å². The van der Waals surface area contributed by atoms with Crippen molar-refractivity contribution >= 4 is 22.8 Å². The summed E-state index contributed by atoms with van der Waals surface area (Å²) < 4.78 is 0. The molecule has 0 saturated carbocycles. The fourth-order valence-corrected chi connectivity index (χ4v) is 5.21. The first-order valence-corrected chi connectivity index (χ1v) is 12.0. The van der Waals surface area contributed by atoms with Crippen LogP contribution in [0.15, 0.2) is 59.6 Å². The van der Waals surface area contributed by atoms with Crippen molar-refractivity contribution in [2.45, 2.75) is 19.4 Å². The third-order valence-electron chi connectivity index (χ3n) is 6.88. The molecule has 1 aromatic heterocycles. The zero-order valence-corrected chi connectivity index (χ0v) is 19.7. The summed E-state index contributed by atoms with van der Waals surface area (Å²) in [7, 11) is 1.88. The number of rotatable bonds is 4. The Kier molecular flexibility index (Phi) is 6.45. The molecular weight excluding hydrogens is 426 g/mol. The minimum absolute atomic E-state index is 0.361. The first kappa shape index (κ1) is 22.3. The fourth-order valence-electron chi connectivity index (χ4n) is 5.21. The van der Waals surface area contributed by atoms with Crippen LogP contribution in [-0.2, 0) is 6.54 Å². The second kappa shape index (κ2) is 9.81. The summed E-state index contributed by atoms with van der Waals surface area (Å²) in [6, 6.07) is 17.5. The lowest BCUT2D eigenvalue weighted by molar-refractivity contribution is 0.0696. The molecule has 7 nitrogen and oxygen atoms in total. The van der Waals surface area contributed by atoms with Crippen molar-refractivity contribution in [3.05, 3.63) is 65.7 Å². The van der Waals surface area contributed by atoms with Gasteiger partial charge in [0.25, 0.3) is 0 Å². The Hall–Kier alpha value is -3.45. The highest BCUT2D eigenvalue weighted by atomic mass is 16.4. The standard InChI is InChI=1S/C27H31N5O2/c1-28-27(31-13-7-8-14-31)32-17-15-30(16-18-32)19-22-24(26(33)34)21-11-5-6-12-23(21)29-25(22)20-9-3-2-4-10-20/h2-6,9-12H,7-8,13-19H2,1H3,(H,33,34). The zero-order chi connectivity index (χ0) is 23.5. The van der Waals surface area contributed by atoms with E-state index >= 15 is 0 Å². The smallest absolute Gasteiger partial charge is 0.336 e. The molecule has 2 saturated heterocycles. The summed E-state index contributed by atoms with van der Waals surface area (Å²) in [6.45, 7) is 6.19. The topological polar surface area (TPSA) is 72.3 Å². The number of para-hydroxylation sites is 1. The molecule has 2 aliphatic rings. The Balaban J connectivity index is 1.45. The van der Waals surface area contributed by atoms with E-state index in [-0.39, 0.29) is 0 Å². The SMILES string of the molecule is CN=C(N1CCCC1)N1CCN(Cc2c(-c3ccccc3)nc3ccccc3c2C(=O)O)CC1. The van der Waals surface area contributed by atoms with E-state index in [0.717, 1.165) is 62.0 Å². The molecule has 0 atom stereocenters. The average molecular weight is 458 g/mol. The first-order valence-electron chi connectivity index (χ1n) is 12.0. The molecule has 2 fully saturated rings. The van der Waals surface area contributed by atoms with Gasteiger partial charge in [0, 0.05) is 69.4 Å². The Morgan fingerprint density at radius 3 is 2.24 bits per heavy atom. The van der Waals surface area contributed by atoms with Gasteiger partial charge in [0.05, 0.1) is 16.8 Å². The maximum Gasteiger partial charge on any atom is 0.336 e. The number of aromatic nitrogens is 1. The number of fused-ring (bicyclic) bond motifs is 1. The van der Waals surface area contributed by atoms with Gasteiger partial charge in [0.1, 0.15) is 0 Å². The van der Waals surface area contributed by atoms with Gasteiger partial charge < -0.3 is 14.9 Å². The molecule has 3 heterocycles. The van der Waals surface area contributed by atoms with E-state index in [2.05, 4.69) is 19.7 Å². The number of hydrogen-bond donors (Lipinski definition) is 1. The molecule has 0 unspecified atom stereocenters. The van der Waals surface area contributed by atoms with Crippen molar-refractivity contribution in [1.82, 2.24) is 19.7 Å². The van der Waals surface area contributed by atoms with Crippen LogP contribution < -0.4 is 0 Å². The second-order valence-corrected chi connectivity index (χ2v) is 8.98. The van der Waals surface area contributed by atoms with E-state index in [1.54, 1.807) is 0 Å². The van der Waals surface area contributed by atoms with Crippen molar-refractivity contribution in [2.75, 3.05) is 46.3 Å². The molecule has 5 rings (SSSR count). The first-order chi connectivity index (χ1) is 16.7. The predicted octanol–water partition coefficient (Wildman–Crippen LogP) is 3.80. The third-order valence-corrected chi connectivity index (χ3v) is 6.88. The molecule has 1 N–H and O–H groups in total. The van der Waals surface area contributed by atoms with Gasteiger partial charge in [-0.15, -0.1) is 0 Å². The highest BCUT2D eigenvalue weighted by molar-refractivity contribution is 6.05. The summed E-state index contributed by atoms with van der Waals surface area (Å²) >= 11 is 0. The summed E-state index contributed by atoms with van der Waals surface area (Å²) in [5.41, 5.74) is 3.56. The summed E-state index contributed by atoms with van der Waals surface area (Å²) in [5.74, 6) is 0.194. The number of carboxylic acid groups (broad SMARTS) is 1. The number of carbonyl (C=O) groups is 1. The van der Waals surface area contributed by atoms with Crippen molar-refractivity contribution < 1.29 is 9.90 Å². The molecule has 0 amide bonds. The van der Waals surface area contributed by atoms with Crippen LogP contribution in [0.4, 0.5) is 0 Å². The maximum atomic E-state index is 12.5. The van der Waals surface area contributed by atoms with Gasteiger partial charge in [-0.2, -0.15) is 0 Å². The largest absolute Gasteiger partial charge is 0.478 e. The van der Waals surface area contributed by atoms with E-state index < -0.39 is 5.97 Å². The summed E-state index contributed by atoms with van der Waals surface area (Å²) in [5, 5.41) is 10.9. The number of benzene rings is 2. The van der Waals surface area contributed by atoms with Gasteiger partial charge in [0.15, 0.2) is 5.96 Å². The minimum atomic E-state index is -0.904. The Labute approximate surface area is 200 Å². The number of hydrogen-bond acceptors (Lipinski definition) is 4. The molecule has 2 aliphatic heterocycles. The molecule has 2 aromatic carbocycles. The number of nitrogens with zero attached hydrogens (tertiary/aromatic N) is 5. The molecular formula is C27H31N5O2. The van der Waals surface area contributed by atoms with E-state index in [9.17, 15) is 9.90 Å². The number of pyridine rings is 1. The van der Waals surface area contributed by atoms with Crippen LogP contribution in [0.2, 0.25) is 0 Å². The quantitative estimate of drug-likeness (QED) is 0.475. The molecule has 0 spiro atoms. The van der Waals surface area contributed by atoms with Crippen LogP contribution in [0.5, 0.6) is 0 Å². The lowest BCUT2D eigenvalue weighted by Crippen LogP contribution is -2.52. The number of aliphatic imine (C=N–C) groups is 1. The van der Waals surface area contributed by atoms with Gasteiger partial charge in [-0.3, -0.25) is 9.89 Å². The molecule has 3 aromatic rings. The fraction of sp³-hybridized carbons (Fsp3) is 0.370. The Morgan fingerprint density at radius 2 is 1.56 bits per heavy atom. The maximum absolute atomic E-state index is 12.5. The highest BCUT2D eigenvalue weighted by Gasteiger charge is 2.27. The van der Waals surface area contributed by atoms with Crippen LogP contribution in [0.1, 0.15) is 28.8 Å². The van der Waals surface area contributed by atoms with Crippen molar-refractivity contribution in [3.63, 3.8) is 0 Å². The number of aromatic carboxylic acids is 1. The number of guanidine groups is 1. The third kappa shape index (κ3) is 4.35. The highest BCUT2D eigenvalue weighted by Crippen LogP contribution is 2.31. The number of piperazine rings is 1. The number of likely N-dealkylation sites (tertiary alicyclic amines) is 1. The van der Waals surface area contributed by atoms with E-state index in [4.69, 9.17) is 4.98 Å². The van der Waals surface area contributed by atoms with Crippen LogP contribution in [0.3, 0.4) is 0 Å². The number of carboxylic acids is 1. The van der Waals surface area contributed by atoms with Gasteiger partial charge in [-0.05, 0) is 18.9 Å². The molecule has 176 valence electrons. The molecule has 7 heteroatoms. The summed E-state index contributed by atoms with van der Waals surface area (Å²) in [4.78, 5) is 29.1. The lowest BCUT2D eigenvalue weighted by atomic mass is 9.96. The van der Waals surface area contributed by atoms with Gasteiger partial charge in [-0.25, -0.2) is 9.78 Å². The van der Waals surface area contributed by atoms with Crippen molar-refractivity contribution in [2.24, 2.45) is 4.99 Å². The average Bonchev–Trinajstić information content (AvgIpc) is 3.40. The predicted molar refractivity (Wildman–Crippen MR) is 135 cm³/mol. The Morgan fingerprint density at radius 1 is 0.912 bits per heavy atom. The monoisotopic (exact) mass is 457 g/mol. The molecule has 34 heavy (non-hydrogen) atoms. The van der Waals surface area contributed by atoms with Crippen molar-refractivity contribution in [3.8, 4) is 11.3 Å². The van der Waals surface area contributed by atoms with Crippen LogP contribution in [0.25, 0.3) is 22.2 Å². The second-order valence-electron chi connectivity index (χ2n) is 8.98. The zero-order valence-electron chi connectivity index (χ0n) is 19.7. The lowest BCUT2D eigenvalue weighted by Gasteiger charge is -2.39. The normalized spacial score (nSPS) is 17.5. The Bertz CT molecular complexity index is 1200. The molecule has 0 radical (unpaired) electrons. The van der Waals surface area contributed by atoms with E-state index in [1.165, 1.54) is 12.8 Å². The van der Waals surface area contributed by atoms with Crippen LogP contribution in [0, 0.1) is 0 Å². The minimum Gasteiger partial charge on any atom is -0.478 e.